The van der Waals surface area contributed by atoms with Gasteiger partial charge >= 0.3 is 0 Å². The van der Waals surface area contributed by atoms with E-state index in [1.807, 2.05) is 30.3 Å². The third-order valence-corrected chi connectivity index (χ3v) is 7.86. The SMILES string of the molecule is CCNC(=O)[C@H](Cc1ccccc1)N(Cc1ccc(Cl)c(Cl)c1)C(=O)CN(c1ccccc1OC)S(C)(=O)=O. The molecule has 0 fully saturated rings. The van der Waals surface area contributed by atoms with Gasteiger partial charge in [0.2, 0.25) is 21.8 Å². The van der Waals surface area contributed by atoms with Gasteiger partial charge in [-0.2, -0.15) is 0 Å². The zero-order valence-corrected chi connectivity index (χ0v) is 24.3. The van der Waals surface area contributed by atoms with Gasteiger partial charge < -0.3 is 15.0 Å². The molecule has 0 radical (unpaired) electrons. The Morgan fingerprint density at radius 1 is 0.949 bits per heavy atom. The largest absolute Gasteiger partial charge is 0.495 e. The van der Waals surface area contributed by atoms with Gasteiger partial charge in [-0.15, -0.1) is 0 Å². The smallest absolute Gasteiger partial charge is 0.244 e. The summed E-state index contributed by atoms with van der Waals surface area (Å²) >= 11 is 12.3. The maximum absolute atomic E-state index is 14.0. The van der Waals surface area contributed by atoms with Gasteiger partial charge in [0.15, 0.2) is 0 Å². The molecular formula is C28H31Cl2N3O5S. The number of likely N-dealkylation sites (N-methyl/N-ethyl adjacent to an activating group) is 1. The van der Waals surface area contributed by atoms with E-state index in [0.29, 0.717) is 22.2 Å². The van der Waals surface area contributed by atoms with E-state index in [9.17, 15) is 18.0 Å². The van der Waals surface area contributed by atoms with Crippen molar-refractivity contribution >= 4 is 50.7 Å². The number of para-hydroxylation sites is 2. The third kappa shape index (κ3) is 8.11. The minimum Gasteiger partial charge on any atom is -0.495 e. The molecule has 2 amide bonds. The molecule has 1 N–H and O–H groups in total. The van der Waals surface area contributed by atoms with Crippen molar-refractivity contribution in [3.05, 3.63) is 94.0 Å². The molecule has 0 bridgehead atoms. The number of hydrogen-bond acceptors (Lipinski definition) is 5. The minimum absolute atomic E-state index is 0.00607. The molecule has 0 saturated carbocycles. The lowest BCUT2D eigenvalue weighted by molar-refractivity contribution is -0.140. The number of methoxy groups -OCH3 is 1. The summed E-state index contributed by atoms with van der Waals surface area (Å²) in [7, 11) is -2.49. The molecule has 39 heavy (non-hydrogen) atoms. The lowest BCUT2D eigenvalue weighted by Crippen LogP contribution is -2.53. The molecule has 11 heteroatoms. The summed E-state index contributed by atoms with van der Waals surface area (Å²) in [6.45, 7) is 1.59. The monoisotopic (exact) mass is 591 g/mol. The van der Waals surface area contributed by atoms with E-state index in [4.69, 9.17) is 27.9 Å². The van der Waals surface area contributed by atoms with E-state index >= 15 is 0 Å². The van der Waals surface area contributed by atoms with Crippen molar-refractivity contribution in [3.63, 3.8) is 0 Å². The fourth-order valence-corrected chi connectivity index (χ4v) is 5.29. The van der Waals surface area contributed by atoms with Gasteiger partial charge in [-0.3, -0.25) is 13.9 Å². The number of hydrogen-bond donors (Lipinski definition) is 1. The van der Waals surface area contributed by atoms with Crippen LogP contribution in [0.25, 0.3) is 0 Å². The highest BCUT2D eigenvalue weighted by molar-refractivity contribution is 7.92. The molecule has 0 spiro atoms. The lowest BCUT2D eigenvalue weighted by atomic mass is 10.0. The zero-order valence-electron chi connectivity index (χ0n) is 21.9. The third-order valence-electron chi connectivity index (χ3n) is 5.99. The average molecular weight is 593 g/mol. The fourth-order valence-electron chi connectivity index (χ4n) is 4.11. The first kappa shape index (κ1) is 30.3. The van der Waals surface area contributed by atoms with Crippen LogP contribution in [0.5, 0.6) is 5.75 Å². The van der Waals surface area contributed by atoms with Crippen LogP contribution in [0.1, 0.15) is 18.1 Å². The van der Waals surface area contributed by atoms with Crippen LogP contribution in [0.4, 0.5) is 5.69 Å². The van der Waals surface area contributed by atoms with Gasteiger partial charge in [0.1, 0.15) is 18.3 Å². The van der Waals surface area contributed by atoms with E-state index in [0.717, 1.165) is 16.1 Å². The first-order chi connectivity index (χ1) is 18.5. The van der Waals surface area contributed by atoms with E-state index < -0.39 is 28.5 Å². The summed E-state index contributed by atoms with van der Waals surface area (Å²) in [5.74, 6) is -0.654. The van der Waals surface area contributed by atoms with E-state index in [-0.39, 0.29) is 30.3 Å². The van der Waals surface area contributed by atoms with Crippen molar-refractivity contribution in [1.29, 1.82) is 0 Å². The number of amides is 2. The summed E-state index contributed by atoms with van der Waals surface area (Å²) < 4.78 is 32.1. The molecule has 208 valence electrons. The molecule has 1 atom stereocenters. The van der Waals surface area contributed by atoms with Crippen LogP contribution < -0.4 is 14.4 Å². The number of benzene rings is 3. The molecule has 8 nitrogen and oxygen atoms in total. The maximum Gasteiger partial charge on any atom is 0.244 e. The second-order valence-corrected chi connectivity index (χ2v) is 11.5. The van der Waals surface area contributed by atoms with Gasteiger partial charge in [-0.05, 0) is 42.3 Å². The van der Waals surface area contributed by atoms with Gasteiger partial charge in [-0.25, -0.2) is 8.42 Å². The topological polar surface area (TPSA) is 96.0 Å². The summed E-state index contributed by atoms with van der Waals surface area (Å²) in [6.07, 6.45) is 1.23. The van der Waals surface area contributed by atoms with Crippen molar-refractivity contribution in [2.45, 2.75) is 25.9 Å². The number of nitrogens with zero attached hydrogens (tertiary/aromatic N) is 2. The molecule has 3 aromatic rings. The van der Waals surface area contributed by atoms with Crippen LogP contribution in [0.3, 0.4) is 0 Å². The Kier molecular flexibility index (Phi) is 10.6. The highest BCUT2D eigenvalue weighted by atomic mass is 35.5. The number of ether oxygens (including phenoxy) is 1. The molecule has 0 aromatic heterocycles. The summed E-state index contributed by atoms with van der Waals surface area (Å²) in [6, 6.07) is 19.8. The number of sulfonamides is 1. The quantitative estimate of drug-likeness (QED) is 0.333. The molecule has 3 rings (SSSR count). The molecule has 0 aliphatic rings. The van der Waals surface area contributed by atoms with Crippen LogP contribution in [0.15, 0.2) is 72.8 Å². The maximum atomic E-state index is 14.0. The van der Waals surface area contributed by atoms with Crippen molar-refractivity contribution in [1.82, 2.24) is 10.2 Å². The Morgan fingerprint density at radius 2 is 1.62 bits per heavy atom. The van der Waals surface area contributed by atoms with Crippen molar-refractivity contribution in [2.75, 3.05) is 30.8 Å². The minimum atomic E-state index is -3.91. The average Bonchev–Trinajstić information content (AvgIpc) is 2.91. The summed E-state index contributed by atoms with van der Waals surface area (Å²) in [5, 5.41) is 3.46. The first-order valence-corrected chi connectivity index (χ1v) is 14.8. The van der Waals surface area contributed by atoms with Crippen LogP contribution in [-0.2, 0) is 32.6 Å². The van der Waals surface area contributed by atoms with Crippen LogP contribution >= 0.6 is 23.2 Å². The number of carbonyl (C=O) groups excluding carboxylic acids is 2. The Bertz CT molecular complexity index is 1400. The van der Waals surface area contributed by atoms with Crippen LogP contribution in [0.2, 0.25) is 10.0 Å². The molecule has 3 aromatic carbocycles. The summed E-state index contributed by atoms with van der Waals surface area (Å²) in [4.78, 5) is 28.7. The number of nitrogens with one attached hydrogen (secondary N) is 1. The molecule has 0 saturated heterocycles. The number of anilines is 1. The normalized spacial score (nSPS) is 11.9. The molecule has 0 aliphatic carbocycles. The highest BCUT2D eigenvalue weighted by Crippen LogP contribution is 2.30. The molecule has 0 aliphatic heterocycles. The van der Waals surface area contributed by atoms with Crippen molar-refractivity contribution in [2.24, 2.45) is 0 Å². The van der Waals surface area contributed by atoms with Crippen molar-refractivity contribution in [3.8, 4) is 5.75 Å². The number of rotatable bonds is 12. The van der Waals surface area contributed by atoms with E-state index in [2.05, 4.69) is 5.32 Å². The predicted molar refractivity (Wildman–Crippen MR) is 155 cm³/mol. The van der Waals surface area contributed by atoms with Gasteiger partial charge in [0, 0.05) is 19.5 Å². The van der Waals surface area contributed by atoms with E-state index in [1.165, 1.54) is 12.0 Å². The van der Waals surface area contributed by atoms with Crippen molar-refractivity contribution < 1.29 is 22.7 Å². The lowest BCUT2D eigenvalue weighted by Gasteiger charge is -2.33. The Labute approximate surface area is 239 Å². The highest BCUT2D eigenvalue weighted by Gasteiger charge is 2.33. The molecule has 0 unspecified atom stereocenters. The van der Waals surface area contributed by atoms with Crippen LogP contribution in [-0.4, -0.2) is 57.6 Å². The number of halogens is 2. The van der Waals surface area contributed by atoms with Gasteiger partial charge in [0.25, 0.3) is 0 Å². The molecular weight excluding hydrogens is 561 g/mol. The summed E-state index contributed by atoms with van der Waals surface area (Å²) in [5.41, 5.74) is 1.68. The molecule has 0 heterocycles. The first-order valence-electron chi connectivity index (χ1n) is 12.2. The zero-order chi connectivity index (χ0) is 28.6. The Hall–Kier alpha value is -3.27. The Morgan fingerprint density at radius 3 is 2.23 bits per heavy atom. The fraction of sp³-hybridized carbons (Fsp3) is 0.286. The second kappa shape index (κ2) is 13.7. The van der Waals surface area contributed by atoms with Gasteiger partial charge in [0.05, 0.1) is 29.1 Å². The Balaban J connectivity index is 2.08. The predicted octanol–water partition coefficient (Wildman–Crippen LogP) is 4.54. The van der Waals surface area contributed by atoms with Crippen LogP contribution in [0, 0.1) is 0 Å². The standard InChI is InChI=1S/C28H31Cl2N3O5S/c1-4-31-28(35)25(17-20-10-6-5-7-11-20)32(18-21-14-15-22(29)23(30)16-21)27(34)19-33(39(3,36)37)24-12-8-9-13-26(24)38-2/h5-16,25H,4,17-19H2,1-3H3,(H,31,35)/t25-/m0/s1. The van der Waals surface area contributed by atoms with E-state index in [1.54, 1.807) is 49.4 Å². The van der Waals surface area contributed by atoms with Gasteiger partial charge in [-0.1, -0.05) is 71.7 Å². The number of carbonyl (C=O) groups is 2. The second-order valence-electron chi connectivity index (χ2n) is 8.81.